The third-order valence-electron chi connectivity index (χ3n) is 5.03. The van der Waals surface area contributed by atoms with E-state index in [2.05, 4.69) is 10.3 Å². The Morgan fingerprint density at radius 2 is 1.89 bits per heavy atom. The zero-order chi connectivity index (χ0) is 18.9. The van der Waals surface area contributed by atoms with Crippen LogP contribution in [0.4, 0.5) is 0 Å². The highest BCUT2D eigenvalue weighted by molar-refractivity contribution is 7.89. The lowest BCUT2D eigenvalue weighted by Crippen LogP contribution is -2.46. The van der Waals surface area contributed by atoms with Crippen molar-refractivity contribution in [2.75, 3.05) is 19.7 Å². The van der Waals surface area contributed by atoms with Crippen LogP contribution < -0.4 is 10.1 Å². The van der Waals surface area contributed by atoms with Gasteiger partial charge in [-0.1, -0.05) is 0 Å². The monoisotopic (exact) mass is 387 g/mol. The van der Waals surface area contributed by atoms with E-state index >= 15 is 0 Å². The number of sulfonamides is 1. The normalized spacial score (nSPS) is 17.9. The Morgan fingerprint density at radius 1 is 1.15 bits per heavy atom. The molecule has 1 aromatic heterocycles. The highest BCUT2D eigenvalue weighted by Gasteiger charge is 2.31. The largest absolute Gasteiger partial charge is 0.493 e. The summed E-state index contributed by atoms with van der Waals surface area (Å²) in [4.78, 5) is 16.5. The van der Waals surface area contributed by atoms with Crippen molar-refractivity contribution in [3.05, 3.63) is 53.9 Å². The Hall–Kier alpha value is -2.45. The van der Waals surface area contributed by atoms with Gasteiger partial charge in [0.1, 0.15) is 5.75 Å². The number of nitrogens with zero attached hydrogens (tertiary/aromatic N) is 2. The molecule has 27 heavy (non-hydrogen) atoms. The number of hydrogen-bond donors (Lipinski definition) is 1. The molecule has 142 valence electrons. The molecule has 0 saturated carbocycles. The average Bonchev–Trinajstić information content (AvgIpc) is 3.17. The molecular weight excluding hydrogens is 366 g/mol. The molecule has 1 N–H and O–H groups in total. The summed E-state index contributed by atoms with van der Waals surface area (Å²) in [5.74, 6) is 0.615. The number of carbonyl (C=O) groups is 1. The van der Waals surface area contributed by atoms with Gasteiger partial charge >= 0.3 is 0 Å². The maximum Gasteiger partial charge on any atom is 0.251 e. The first-order valence-electron chi connectivity index (χ1n) is 9.01. The van der Waals surface area contributed by atoms with E-state index in [9.17, 15) is 13.2 Å². The quantitative estimate of drug-likeness (QED) is 0.861. The molecule has 0 aliphatic carbocycles. The molecule has 1 fully saturated rings. The van der Waals surface area contributed by atoms with Crippen LogP contribution in [0.3, 0.4) is 0 Å². The van der Waals surface area contributed by atoms with E-state index in [-0.39, 0.29) is 11.9 Å². The summed E-state index contributed by atoms with van der Waals surface area (Å²) < 4.78 is 32.8. The van der Waals surface area contributed by atoms with Gasteiger partial charge in [0.05, 0.1) is 11.5 Å². The molecule has 1 amide bonds. The van der Waals surface area contributed by atoms with Crippen LogP contribution in [-0.2, 0) is 16.4 Å². The fourth-order valence-electron chi connectivity index (χ4n) is 3.48. The molecule has 0 radical (unpaired) electrons. The second-order valence-electron chi connectivity index (χ2n) is 6.76. The summed E-state index contributed by atoms with van der Waals surface area (Å²) in [6.45, 7) is 1.37. The number of carbonyl (C=O) groups excluding carboxylic acids is 1. The first-order valence-corrected chi connectivity index (χ1v) is 10.4. The Bertz CT molecular complexity index is 939. The van der Waals surface area contributed by atoms with Crippen molar-refractivity contribution in [3.63, 3.8) is 0 Å². The predicted molar refractivity (Wildman–Crippen MR) is 99.1 cm³/mol. The first kappa shape index (κ1) is 17.9. The SMILES string of the molecule is O=C(NC1CCN(S(=O)(=O)c2ccc3c(c2)CCO3)CC1)c1ccncc1. The summed E-state index contributed by atoms with van der Waals surface area (Å²) in [6.07, 6.45) is 5.06. The predicted octanol–water partition coefficient (Wildman–Crippen LogP) is 1.60. The molecule has 1 saturated heterocycles. The maximum absolute atomic E-state index is 12.9. The van der Waals surface area contributed by atoms with Crippen LogP contribution in [-0.4, -0.2) is 49.4 Å². The molecule has 0 spiro atoms. The summed E-state index contributed by atoms with van der Waals surface area (Å²) in [6, 6.07) is 8.34. The molecule has 3 heterocycles. The highest BCUT2D eigenvalue weighted by Crippen LogP contribution is 2.29. The molecule has 7 nitrogen and oxygen atoms in total. The molecule has 0 bridgehead atoms. The molecule has 0 unspecified atom stereocenters. The Balaban J connectivity index is 1.39. The summed E-state index contributed by atoms with van der Waals surface area (Å²) in [5.41, 5.74) is 1.50. The number of fused-ring (bicyclic) bond motifs is 1. The van der Waals surface area contributed by atoms with Gasteiger partial charge in [-0.3, -0.25) is 9.78 Å². The minimum absolute atomic E-state index is 0.0365. The Kier molecular flexibility index (Phi) is 4.84. The second-order valence-corrected chi connectivity index (χ2v) is 8.69. The molecule has 1 aromatic carbocycles. The minimum atomic E-state index is -3.53. The highest BCUT2D eigenvalue weighted by atomic mass is 32.2. The fourth-order valence-corrected chi connectivity index (χ4v) is 5.01. The van der Waals surface area contributed by atoms with Gasteiger partial charge in [-0.25, -0.2) is 8.42 Å². The lowest BCUT2D eigenvalue weighted by molar-refractivity contribution is 0.0923. The van der Waals surface area contributed by atoms with Gasteiger partial charge in [0.2, 0.25) is 10.0 Å². The third kappa shape index (κ3) is 3.68. The van der Waals surface area contributed by atoms with Crippen molar-refractivity contribution in [3.8, 4) is 5.75 Å². The van der Waals surface area contributed by atoms with Gasteiger partial charge in [0, 0.05) is 43.5 Å². The van der Waals surface area contributed by atoms with Crippen LogP contribution in [0.25, 0.3) is 0 Å². The molecular formula is C19H21N3O4S. The summed E-state index contributed by atoms with van der Waals surface area (Å²) >= 11 is 0. The Labute approximate surface area is 158 Å². The second kappa shape index (κ2) is 7.28. The van der Waals surface area contributed by atoms with Gasteiger partial charge in [-0.05, 0) is 48.7 Å². The van der Waals surface area contributed by atoms with E-state index in [1.807, 2.05) is 0 Å². The number of hydrogen-bond acceptors (Lipinski definition) is 5. The number of piperidine rings is 1. The van der Waals surface area contributed by atoms with Crippen LogP contribution in [0.1, 0.15) is 28.8 Å². The van der Waals surface area contributed by atoms with E-state index in [4.69, 9.17) is 4.74 Å². The number of benzene rings is 1. The molecule has 8 heteroatoms. The average molecular weight is 387 g/mol. The van der Waals surface area contributed by atoms with Crippen LogP contribution in [0.5, 0.6) is 5.75 Å². The maximum atomic E-state index is 12.9. The Morgan fingerprint density at radius 3 is 2.63 bits per heavy atom. The van der Waals surface area contributed by atoms with Crippen molar-refractivity contribution < 1.29 is 17.9 Å². The number of amides is 1. The molecule has 4 rings (SSSR count). The minimum Gasteiger partial charge on any atom is -0.493 e. The van der Waals surface area contributed by atoms with Gasteiger partial charge < -0.3 is 10.1 Å². The third-order valence-corrected chi connectivity index (χ3v) is 6.92. The van der Waals surface area contributed by atoms with Crippen molar-refractivity contribution in [2.24, 2.45) is 0 Å². The van der Waals surface area contributed by atoms with Crippen LogP contribution >= 0.6 is 0 Å². The van der Waals surface area contributed by atoms with Crippen LogP contribution in [0.15, 0.2) is 47.6 Å². The molecule has 2 aromatic rings. The van der Waals surface area contributed by atoms with Gasteiger partial charge in [0.15, 0.2) is 0 Å². The number of aromatic nitrogens is 1. The van der Waals surface area contributed by atoms with E-state index in [0.717, 1.165) is 17.7 Å². The van der Waals surface area contributed by atoms with Gasteiger partial charge in [-0.2, -0.15) is 4.31 Å². The summed E-state index contributed by atoms with van der Waals surface area (Å²) in [5, 5.41) is 2.98. The molecule has 2 aliphatic rings. The number of pyridine rings is 1. The van der Waals surface area contributed by atoms with E-state index in [1.165, 1.54) is 4.31 Å². The zero-order valence-electron chi connectivity index (χ0n) is 14.8. The van der Waals surface area contributed by atoms with Crippen molar-refractivity contribution in [2.45, 2.75) is 30.2 Å². The van der Waals surface area contributed by atoms with E-state index in [1.54, 1.807) is 42.7 Å². The van der Waals surface area contributed by atoms with E-state index < -0.39 is 10.0 Å². The van der Waals surface area contributed by atoms with Gasteiger partial charge in [-0.15, -0.1) is 0 Å². The fraction of sp³-hybridized carbons (Fsp3) is 0.368. The lowest BCUT2D eigenvalue weighted by Gasteiger charge is -2.31. The topological polar surface area (TPSA) is 88.6 Å². The van der Waals surface area contributed by atoms with Crippen molar-refractivity contribution in [1.29, 1.82) is 0 Å². The standard InChI is InChI=1S/C19H21N3O4S/c23-19(14-3-8-20-9-4-14)21-16-5-10-22(11-6-16)27(24,25)17-1-2-18-15(13-17)7-12-26-18/h1-4,8-9,13,16H,5-7,10-12H2,(H,21,23). The number of nitrogens with one attached hydrogen (secondary N) is 1. The molecule has 0 atom stereocenters. The number of rotatable bonds is 4. The van der Waals surface area contributed by atoms with Crippen molar-refractivity contribution >= 4 is 15.9 Å². The van der Waals surface area contributed by atoms with Crippen molar-refractivity contribution in [1.82, 2.24) is 14.6 Å². The smallest absolute Gasteiger partial charge is 0.251 e. The molecule has 2 aliphatic heterocycles. The van der Waals surface area contributed by atoms with Gasteiger partial charge in [0.25, 0.3) is 5.91 Å². The van der Waals surface area contributed by atoms with Crippen LogP contribution in [0, 0.1) is 0 Å². The zero-order valence-corrected chi connectivity index (χ0v) is 15.6. The summed E-state index contributed by atoms with van der Waals surface area (Å²) in [7, 11) is -3.53. The van der Waals surface area contributed by atoms with E-state index in [0.29, 0.717) is 43.0 Å². The number of ether oxygens (including phenoxy) is 1. The van der Waals surface area contributed by atoms with Crippen LogP contribution in [0.2, 0.25) is 0 Å². The lowest BCUT2D eigenvalue weighted by atomic mass is 10.1. The first-order chi connectivity index (χ1) is 13.0.